The Bertz CT molecular complexity index is 1900. The van der Waals surface area contributed by atoms with Crippen LogP contribution in [0.4, 0.5) is 0 Å². The largest absolute Gasteiger partial charge is 0.394 e. The van der Waals surface area contributed by atoms with E-state index in [2.05, 4.69) is 43.5 Å². The molecule has 3 aliphatic heterocycles. The molecule has 0 aliphatic carbocycles. The molecule has 3 heterocycles. The highest BCUT2D eigenvalue weighted by atomic mass is 16.8. The van der Waals surface area contributed by atoms with Gasteiger partial charge >= 0.3 is 0 Å². The van der Waals surface area contributed by atoms with Crippen LogP contribution in [0.5, 0.6) is 0 Å². The Kier molecular flexibility index (Phi) is 54.6. The lowest BCUT2D eigenvalue weighted by molar-refractivity contribution is -0.379. The number of aliphatic hydroxyl groups is 11. The molecule has 19 nitrogen and oxygen atoms in total. The van der Waals surface area contributed by atoms with Crippen molar-refractivity contribution in [2.24, 2.45) is 0 Å². The third kappa shape index (κ3) is 40.0. The van der Waals surface area contributed by atoms with E-state index in [1.54, 1.807) is 6.08 Å². The van der Waals surface area contributed by atoms with Gasteiger partial charge < -0.3 is 89.9 Å². The molecule has 570 valence electrons. The highest BCUT2D eigenvalue weighted by molar-refractivity contribution is 5.76. The number of carbonyl (C=O) groups excluding carboxylic acids is 1. The van der Waals surface area contributed by atoms with Crippen LogP contribution < -0.4 is 5.32 Å². The van der Waals surface area contributed by atoms with Gasteiger partial charge in [-0.2, -0.15) is 0 Å². The molecule has 0 aromatic rings. The van der Waals surface area contributed by atoms with Crippen molar-refractivity contribution in [1.82, 2.24) is 5.32 Å². The third-order valence-corrected chi connectivity index (χ3v) is 19.9. The van der Waals surface area contributed by atoms with Gasteiger partial charge in [0.2, 0.25) is 5.91 Å². The molecule has 0 spiro atoms. The van der Waals surface area contributed by atoms with Crippen molar-refractivity contribution in [3.05, 3.63) is 36.5 Å². The maximum Gasteiger partial charge on any atom is 0.220 e. The van der Waals surface area contributed by atoms with Crippen LogP contribution in [0, 0.1) is 0 Å². The fourth-order valence-corrected chi connectivity index (χ4v) is 13.5. The number of ether oxygens (including phenoxy) is 6. The van der Waals surface area contributed by atoms with Gasteiger partial charge in [-0.25, -0.2) is 0 Å². The second kappa shape index (κ2) is 59.4. The summed E-state index contributed by atoms with van der Waals surface area (Å²) in [6.45, 7) is 1.75. The molecule has 17 unspecified atom stereocenters. The van der Waals surface area contributed by atoms with E-state index < -0.39 is 124 Å². The van der Waals surface area contributed by atoms with E-state index >= 15 is 0 Å². The molecule has 0 bridgehead atoms. The van der Waals surface area contributed by atoms with Crippen molar-refractivity contribution < 1.29 is 89.4 Å². The van der Waals surface area contributed by atoms with E-state index in [1.165, 1.54) is 250 Å². The second-order valence-electron chi connectivity index (χ2n) is 28.5. The maximum atomic E-state index is 13.4. The summed E-state index contributed by atoms with van der Waals surface area (Å²) in [4.78, 5) is 13.4. The number of rotatable bonds is 63. The van der Waals surface area contributed by atoms with E-state index in [1.807, 2.05) is 6.08 Å². The number of hydrogen-bond donors (Lipinski definition) is 12. The minimum Gasteiger partial charge on any atom is -0.394 e. The molecule has 3 rings (SSSR count). The number of carbonyl (C=O) groups is 1. The topological polar surface area (TPSA) is 307 Å². The lowest BCUT2D eigenvalue weighted by Gasteiger charge is -2.48. The molecule has 19 heteroatoms. The third-order valence-electron chi connectivity index (χ3n) is 19.9. The van der Waals surface area contributed by atoms with Gasteiger partial charge in [0.25, 0.3) is 0 Å². The fraction of sp³-hybridized carbons (Fsp3) is 0.910. The van der Waals surface area contributed by atoms with E-state index in [0.29, 0.717) is 12.8 Å². The number of hydrogen-bond acceptors (Lipinski definition) is 18. The van der Waals surface area contributed by atoms with Crippen LogP contribution in [0.15, 0.2) is 36.5 Å². The number of amides is 1. The van der Waals surface area contributed by atoms with Crippen molar-refractivity contribution in [3.63, 3.8) is 0 Å². The highest BCUT2D eigenvalue weighted by Gasteiger charge is 2.53. The Labute approximate surface area is 587 Å². The first-order valence-corrected chi connectivity index (χ1v) is 39.7. The first-order chi connectivity index (χ1) is 47.3. The van der Waals surface area contributed by atoms with Crippen molar-refractivity contribution >= 4 is 5.91 Å². The summed E-state index contributed by atoms with van der Waals surface area (Å²) in [5.74, 6) is -0.280. The minimum absolute atomic E-state index is 0.240. The van der Waals surface area contributed by atoms with Crippen LogP contribution in [-0.2, 0) is 33.2 Å². The number of aliphatic hydroxyl groups excluding tert-OH is 11. The summed E-state index contributed by atoms with van der Waals surface area (Å²) in [7, 11) is 0. The van der Waals surface area contributed by atoms with E-state index in [4.69, 9.17) is 28.4 Å². The second-order valence-corrected chi connectivity index (χ2v) is 28.5. The zero-order valence-corrected chi connectivity index (χ0v) is 60.8. The standard InChI is InChI=1S/C78H145NO18/c1-3-5-7-9-11-13-15-17-19-21-22-23-24-25-26-27-28-29-30-31-32-33-34-35-36-37-38-40-42-44-46-48-50-52-54-56-66(84)79-61(62(83)55-53-51-49-47-45-43-41-39-20-18-16-14-12-10-8-6-4-2)60-92-76-72(90)69(87)74(64(58-81)94-76)97-78-73(91)70(88)75(65(59-82)95-78)96-77-71(89)68(86)67(85)63(57-80)93-77/h21-22,45,47,53,55,61-65,67-78,80-83,85-91H,3-20,23-44,46,48-52,54,56-60H2,1-2H3,(H,79,84)/b22-21-,47-45+,55-53+. The summed E-state index contributed by atoms with van der Waals surface area (Å²) in [5.41, 5.74) is 0. The average molecular weight is 1390 g/mol. The van der Waals surface area contributed by atoms with Crippen LogP contribution in [0.2, 0.25) is 0 Å². The highest BCUT2D eigenvalue weighted by Crippen LogP contribution is 2.33. The molecular formula is C78H145NO18. The fourth-order valence-electron chi connectivity index (χ4n) is 13.5. The molecule has 12 N–H and O–H groups in total. The Morgan fingerprint density at radius 1 is 0.361 bits per heavy atom. The maximum absolute atomic E-state index is 13.4. The summed E-state index contributed by atoms with van der Waals surface area (Å²) < 4.78 is 34.4. The normalized spacial score (nSPS) is 27.0. The predicted molar refractivity (Wildman–Crippen MR) is 383 cm³/mol. The van der Waals surface area contributed by atoms with E-state index in [-0.39, 0.29) is 18.9 Å². The SMILES string of the molecule is CCCCCCCCCC/C=C\CCCCCCCCCCCCCCCCCCCCCCCCCC(=O)NC(COC1OC(CO)C(OC2OC(CO)C(OC3OC(CO)C(O)C(O)C3O)C(O)C2O)C(O)C1O)C(O)/C=C/CC/C=C/CCCCCCCCCCCCC. The zero-order valence-electron chi connectivity index (χ0n) is 60.8. The monoisotopic (exact) mass is 1380 g/mol. The summed E-state index contributed by atoms with van der Waals surface area (Å²) in [5, 5.41) is 121. The van der Waals surface area contributed by atoms with Crippen molar-refractivity contribution in [2.75, 3.05) is 26.4 Å². The average Bonchev–Trinajstić information content (AvgIpc) is 0.792. The van der Waals surface area contributed by atoms with Gasteiger partial charge in [0.1, 0.15) is 73.2 Å². The molecule has 3 fully saturated rings. The van der Waals surface area contributed by atoms with Gasteiger partial charge in [-0.05, 0) is 57.8 Å². The Morgan fingerprint density at radius 3 is 1.03 bits per heavy atom. The lowest BCUT2D eigenvalue weighted by Crippen LogP contribution is -2.66. The molecule has 1 amide bonds. The summed E-state index contributed by atoms with van der Waals surface area (Å²) in [6, 6.07) is -0.988. The number of allylic oxidation sites excluding steroid dienone is 5. The van der Waals surface area contributed by atoms with Gasteiger partial charge in [0.05, 0.1) is 38.6 Å². The van der Waals surface area contributed by atoms with Crippen LogP contribution >= 0.6 is 0 Å². The lowest BCUT2D eigenvalue weighted by atomic mass is 9.96. The van der Waals surface area contributed by atoms with Crippen LogP contribution in [-0.4, -0.2) is 193 Å². The molecule has 0 radical (unpaired) electrons. The predicted octanol–water partition coefficient (Wildman–Crippen LogP) is 12.7. The Balaban J connectivity index is 1.33. The van der Waals surface area contributed by atoms with E-state index in [0.717, 1.165) is 38.5 Å². The molecule has 3 aliphatic rings. The smallest absolute Gasteiger partial charge is 0.220 e. The summed E-state index contributed by atoms with van der Waals surface area (Å²) in [6.07, 6.45) is 45.8. The van der Waals surface area contributed by atoms with Crippen LogP contribution in [0.25, 0.3) is 0 Å². The van der Waals surface area contributed by atoms with Gasteiger partial charge in [-0.3, -0.25) is 4.79 Å². The van der Waals surface area contributed by atoms with Gasteiger partial charge in [0, 0.05) is 6.42 Å². The molecule has 17 atom stereocenters. The van der Waals surface area contributed by atoms with Gasteiger partial charge in [-0.15, -0.1) is 0 Å². The first-order valence-electron chi connectivity index (χ1n) is 39.7. The molecule has 97 heavy (non-hydrogen) atoms. The quantitative estimate of drug-likeness (QED) is 0.0199. The number of nitrogens with one attached hydrogen (secondary N) is 1. The zero-order chi connectivity index (χ0) is 70.4. The van der Waals surface area contributed by atoms with Gasteiger partial charge in [0.15, 0.2) is 18.9 Å². The molecule has 3 saturated heterocycles. The van der Waals surface area contributed by atoms with Crippen molar-refractivity contribution in [2.45, 2.75) is 426 Å². The number of unbranched alkanes of at least 4 members (excludes halogenated alkanes) is 43. The van der Waals surface area contributed by atoms with Crippen LogP contribution in [0.1, 0.15) is 322 Å². The Morgan fingerprint density at radius 2 is 0.660 bits per heavy atom. The molecule has 0 aromatic carbocycles. The van der Waals surface area contributed by atoms with E-state index in [9.17, 15) is 61.0 Å². The van der Waals surface area contributed by atoms with Gasteiger partial charge in [-0.1, -0.05) is 294 Å². The first kappa shape index (κ1) is 89.2. The Hall–Kier alpha value is -1.99. The minimum atomic E-state index is -1.98. The van der Waals surface area contributed by atoms with Crippen molar-refractivity contribution in [1.29, 1.82) is 0 Å². The van der Waals surface area contributed by atoms with Crippen molar-refractivity contribution in [3.8, 4) is 0 Å². The summed E-state index contributed by atoms with van der Waals surface area (Å²) >= 11 is 0. The van der Waals surface area contributed by atoms with Crippen LogP contribution in [0.3, 0.4) is 0 Å². The molecule has 0 aromatic heterocycles. The molecular weight excluding hydrogens is 1240 g/mol. The molecule has 0 saturated carbocycles.